The van der Waals surface area contributed by atoms with Gasteiger partial charge in [-0.15, -0.1) is 0 Å². The molecule has 0 aromatic heterocycles. The number of hydrogen-bond donors (Lipinski definition) is 1. The molecule has 0 radical (unpaired) electrons. The van der Waals surface area contributed by atoms with E-state index < -0.39 is 0 Å². The molecule has 5 heteroatoms. The van der Waals surface area contributed by atoms with E-state index in [0.29, 0.717) is 6.54 Å². The Kier molecular flexibility index (Phi) is 5.74. The second kappa shape index (κ2) is 7.83. The average molecular weight is 348 g/mol. The quantitative estimate of drug-likeness (QED) is 0.859. The van der Waals surface area contributed by atoms with E-state index in [1.165, 1.54) is 6.07 Å². The zero-order chi connectivity index (χ0) is 17.9. The van der Waals surface area contributed by atoms with Gasteiger partial charge in [-0.25, -0.2) is 4.39 Å². The van der Waals surface area contributed by atoms with Crippen LogP contribution in [0.4, 0.5) is 4.39 Å². The van der Waals surface area contributed by atoms with E-state index in [1.54, 1.807) is 12.1 Å². The maximum absolute atomic E-state index is 13.4. The first-order valence-corrected chi connectivity index (χ1v) is 9.35. The van der Waals surface area contributed by atoms with Crippen LogP contribution in [0.5, 0.6) is 0 Å². The van der Waals surface area contributed by atoms with E-state index in [1.807, 2.05) is 19.9 Å². The first-order valence-electron chi connectivity index (χ1n) is 9.35. The van der Waals surface area contributed by atoms with Gasteiger partial charge in [0.1, 0.15) is 5.82 Å². The molecule has 1 aromatic rings. The Bertz CT molecular complexity index is 607. The minimum Gasteiger partial charge on any atom is -0.378 e. The summed E-state index contributed by atoms with van der Waals surface area (Å²) >= 11 is 0. The summed E-state index contributed by atoms with van der Waals surface area (Å²) in [4.78, 5) is 14.2. The average Bonchev–Trinajstić information content (AvgIpc) is 2.97. The van der Waals surface area contributed by atoms with Crippen LogP contribution in [-0.4, -0.2) is 43.2 Å². The smallest absolute Gasteiger partial charge is 0.222 e. The van der Waals surface area contributed by atoms with Crippen molar-refractivity contribution in [1.82, 2.24) is 10.2 Å². The molecule has 25 heavy (non-hydrogen) atoms. The molecule has 3 rings (SSSR count). The van der Waals surface area contributed by atoms with Crippen molar-refractivity contribution in [3.8, 4) is 0 Å². The number of likely N-dealkylation sites (tertiary alicyclic amines) is 1. The van der Waals surface area contributed by atoms with E-state index in [9.17, 15) is 9.18 Å². The van der Waals surface area contributed by atoms with Gasteiger partial charge in [0.25, 0.3) is 0 Å². The lowest BCUT2D eigenvalue weighted by molar-refractivity contribution is -0.124. The number of rotatable bonds is 6. The number of hydrogen-bond acceptors (Lipinski definition) is 3. The fourth-order valence-corrected chi connectivity index (χ4v) is 4.17. The van der Waals surface area contributed by atoms with E-state index in [2.05, 4.69) is 10.2 Å². The topological polar surface area (TPSA) is 41.6 Å². The summed E-state index contributed by atoms with van der Waals surface area (Å²) in [5, 5.41) is 3.05. The monoisotopic (exact) mass is 348 g/mol. The summed E-state index contributed by atoms with van der Waals surface area (Å²) in [5.74, 6) is -0.0501. The molecule has 0 bridgehead atoms. The Hall–Kier alpha value is -1.46. The van der Waals surface area contributed by atoms with Crippen LogP contribution in [0.1, 0.15) is 38.7 Å². The Morgan fingerprint density at radius 2 is 2.32 bits per heavy atom. The second-order valence-corrected chi connectivity index (χ2v) is 7.80. The molecule has 2 aliphatic rings. The summed E-state index contributed by atoms with van der Waals surface area (Å²) in [6, 6.07) is 6.86. The normalized spacial score (nSPS) is 26.6. The number of halogens is 1. The first kappa shape index (κ1) is 18.3. The van der Waals surface area contributed by atoms with Crippen molar-refractivity contribution in [1.29, 1.82) is 0 Å². The second-order valence-electron chi connectivity index (χ2n) is 7.80. The third kappa shape index (κ3) is 4.39. The number of piperidine rings is 1. The molecule has 2 saturated heterocycles. The van der Waals surface area contributed by atoms with Crippen LogP contribution < -0.4 is 5.32 Å². The molecule has 0 unspecified atom stereocenters. The lowest BCUT2D eigenvalue weighted by Crippen LogP contribution is -2.50. The molecule has 1 amide bonds. The van der Waals surface area contributed by atoms with Crippen LogP contribution in [0.25, 0.3) is 0 Å². The Morgan fingerprint density at radius 3 is 3.08 bits per heavy atom. The fraction of sp³-hybridized carbons (Fsp3) is 0.650. The van der Waals surface area contributed by atoms with E-state index in [0.717, 1.165) is 51.1 Å². The summed E-state index contributed by atoms with van der Waals surface area (Å²) < 4.78 is 19.4. The van der Waals surface area contributed by atoms with E-state index in [4.69, 9.17) is 4.74 Å². The van der Waals surface area contributed by atoms with Crippen molar-refractivity contribution < 1.29 is 13.9 Å². The largest absolute Gasteiger partial charge is 0.378 e. The molecule has 2 aliphatic heterocycles. The van der Waals surface area contributed by atoms with Gasteiger partial charge in [0.15, 0.2) is 0 Å². The Balaban J connectivity index is 1.61. The van der Waals surface area contributed by atoms with E-state index in [-0.39, 0.29) is 29.2 Å². The molecular formula is C20H29FN2O2. The highest BCUT2D eigenvalue weighted by Crippen LogP contribution is 2.43. The summed E-state index contributed by atoms with van der Waals surface area (Å²) in [6.45, 7) is 8.02. The van der Waals surface area contributed by atoms with Gasteiger partial charge in [0, 0.05) is 44.1 Å². The molecular weight excluding hydrogens is 319 g/mol. The summed E-state index contributed by atoms with van der Waals surface area (Å²) in [6.07, 6.45) is 3.27. The van der Waals surface area contributed by atoms with Gasteiger partial charge in [0.2, 0.25) is 5.91 Å². The number of amides is 1. The Labute approximate surface area is 149 Å². The van der Waals surface area contributed by atoms with Crippen LogP contribution in [0.3, 0.4) is 0 Å². The maximum Gasteiger partial charge on any atom is 0.222 e. The number of nitrogens with zero attached hydrogens (tertiary/aromatic N) is 1. The standard InChI is InChI=1S/C20H29FN2O2/c1-15(2)19(24)22-9-7-20-8-11-25-18(20)6-10-23(14-20)13-16-4-3-5-17(21)12-16/h3-5,12,15,18H,6-11,13-14H2,1-2H3,(H,22,24)/t18-,20+/m1/s1. The number of carbonyl (C=O) groups excluding carboxylic acids is 1. The van der Waals surface area contributed by atoms with Crippen LogP contribution in [0.2, 0.25) is 0 Å². The van der Waals surface area contributed by atoms with Crippen LogP contribution in [-0.2, 0) is 16.1 Å². The van der Waals surface area contributed by atoms with Gasteiger partial charge < -0.3 is 10.1 Å². The molecule has 2 atom stereocenters. The highest BCUT2D eigenvalue weighted by molar-refractivity contribution is 5.77. The number of ether oxygens (including phenoxy) is 1. The van der Waals surface area contributed by atoms with Crippen molar-refractivity contribution in [2.24, 2.45) is 11.3 Å². The molecule has 2 fully saturated rings. The molecule has 0 saturated carbocycles. The molecule has 4 nitrogen and oxygen atoms in total. The number of benzene rings is 1. The molecule has 0 spiro atoms. The number of carbonyl (C=O) groups is 1. The lowest BCUT2D eigenvalue weighted by atomic mass is 9.74. The maximum atomic E-state index is 13.4. The first-order chi connectivity index (χ1) is 12.0. The Morgan fingerprint density at radius 1 is 1.48 bits per heavy atom. The summed E-state index contributed by atoms with van der Waals surface area (Å²) in [5.41, 5.74) is 1.12. The zero-order valence-corrected chi connectivity index (χ0v) is 15.3. The minimum absolute atomic E-state index is 0.0176. The minimum atomic E-state index is -0.178. The van der Waals surface area contributed by atoms with Crippen LogP contribution >= 0.6 is 0 Å². The zero-order valence-electron chi connectivity index (χ0n) is 15.3. The van der Waals surface area contributed by atoms with Crippen molar-refractivity contribution in [2.75, 3.05) is 26.2 Å². The van der Waals surface area contributed by atoms with Gasteiger partial charge in [-0.05, 0) is 37.0 Å². The molecule has 0 aliphatic carbocycles. The third-order valence-corrected chi connectivity index (χ3v) is 5.59. The van der Waals surface area contributed by atoms with Crippen molar-refractivity contribution in [2.45, 2.75) is 45.8 Å². The highest BCUT2D eigenvalue weighted by Gasteiger charge is 2.47. The SMILES string of the molecule is CC(C)C(=O)NCC[C@@]12CCO[C@@H]1CCN(Cc1cccc(F)c1)C2. The van der Waals surface area contributed by atoms with Gasteiger partial charge in [-0.1, -0.05) is 26.0 Å². The molecule has 2 heterocycles. The van der Waals surface area contributed by atoms with Crippen LogP contribution in [0, 0.1) is 17.2 Å². The number of nitrogens with one attached hydrogen (secondary N) is 1. The van der Waals surface area contributed by atoms with Gasteiger partial charge >= 0.3 is 0 Å². The van der Waals surface area contributed by atoms with Gasteiger partial charge in [0.05, 0.1) is 6.10 Å². The number of fused-ring (bicyclic) bond motifs is 1. The third-order valence-electron chi connectivity index (χ3n) is 5.59. The highest BCUT2D eigenvalue weighted by atomic mass is 19.1. The molecule has 1 N–H and O–H groups in total. The van der Waals surface area contributed by atoms with Crippen LogP contribution in [0.15, 0.2) is 24.3 Å². The molecule has 1 aromatic carbocycles. The lowest BCUT2D eigenvalue weighted by Gasteiger charge is -2.44. The molecule has 138 valence electrons. The van der Waals surface area contributed by atoms with Gasteiger partial charge in [-0.2, -0.15) is 0 Å². The van der Waals surface area contributed by atoms with Crippen molar-refractivity contribution in [3.05, 3.63) is 35.6 Å². The predicted molar refractivity (Wildman–Crippen MR) is 95.5 cm³/mol. The fourth-order valence-electron chi connectivity index (χ4n) is 4.17. The predicted octanol–water partition coefficient (Wildman–Crippen LogP) is 2.97. The summed E-state index contributed by atoms with van der Waals surface area (Å²) in [7, 11) is 0. The van der Waals surface area contributed by atoms with Crippen molar-refractivity contribution in [3.63, 3.8) is 0 Å². The van der Waals surface area contributed by atoms with Gasteiger partial charge in [-0.3, -0.25) is 9.69 Å². The van der Waals surface area contributed by atoms with E-state index >= 15 is 0 Å². The van der Waals surface area contributed by atoms with Crippen molar-refractivity contribution >= 4 is 5.91 Å².